The molecule has 3 aromatic rings. The van der Waals surface area contributed by atoms with E-state index in [-0.39, 0.29) is 17.4 Å². The molecule has 28 heavy (non-hydrogen) atoms. The normalized spacial score (nSPS) is 10.4. The quantitative estimate of drug-likeness (QED) is 0.613. The zero-order valence-electron chi connectivity index (χ0n) is 15.9. The Balaban J connectivity index is 1.67. The van der Waals surface area contributed by atoms with Gasteiger partial charge in [0.25, 0.3) is 5.91 Å². The van der Waals surface area contributed by atoms with Gasteiger partial charge in [0, 0.05) is 23.5 Å². The van der Waals surface area contributed by atoms with Crippen molar-refractivity contribution in [1.29, 1.82) is 0 Å². The number of aryl methyl sites for hydroxylation is 1. The second-order valence-electron chi connectivity index (χ2n) is 6.47. The van der Waals surface area contributed by atoms with Gasteiger partial charge in [0.1, 0.15) is 5.69 Å². The van der Waals surface area contributed by atoms with Crippen LogP contribution in [0, 0.1) is 6.92 Å². The fourth-order valence-electron chi connectivity index (χ4n) is 2.74. The van der Waals surface area contributed by atoms with E-state index in [1.807, 2.05) is 25.1 Å². The summed E-state index contributed by atoms with van der Waals surface area (Å²) in [6, 6.07) is 18.6. The molecule has 0 radical (unpaired) electrons. The summed E-state index contributed by atoms with van der Waals surface area (Å²) in [6.45, 7) is 3.97. The molecule has 3 rings (SSSR count). The van der Waals surface area contributed by atoms with Gasteiger partial charge in [0.15, 0.2) is 5.78 Å². The number of ketones is 1. The molecule has 1 heterocycles. The summed E-state index contributed by atoms with van der Waals surface area (Å²) in [5.74, 6) is 0.00904. The zero-order chi connectivity index (χ0) is 19.9. The summed E-state index contributed by atoms with van der Waals surface area (Å²) in [4.78, 5) is 32.7. The van der Waals surface area contributed by atoms with Crippen LogP contribution in [0.15, 0.2) is 60.7 Å². The maximum absolute atomic E-state index is 12.6. The van der Waals surface area contributed by atoms with E-state index < -0.39 is 0 Å². The standard InChI is InChI=1S/C22H22N4O2/c1-15-13-20(21(28)25-19-10-6-9-18(14-19)16(2)27)26-22(24-15)23-12-11-17-7-4-3-5-8-17/h3-10,13-14H,11-12H2,1-2H3,(H,25,28)(H,23,24,26). The van der Waals surface area contributed by atoms with Gasteiger partial charge >= 0.3 is 0 Å². The average molecular weight is 374 g/mol. The molecule has 6 nitrogen and oxygen atoms in total. The lowest BCUT2D eigenvalue weighted by molar-refractivity contribution is 0.100. The Morgan fingerprint density at radius 2 is 1.75 bits per heavy atom. The minimum atomic E-state index is -0.350. The molecular weight excluding hydrogens is 352 g/mol. The summed E-state index contributed by atoms with van der Waals surface area (Å²) in [5.41, 5.74) is 3.27. The largest absolute Gasteiger partial charge is 0.354 e. The number of carbonyl (C=O) groups is 2. The first-order valence-corrected chi connectivity index (χ1v) is 9.07. The molecular formula is C22H22N4O2. The smallest absolute Gasteiger partial charge is 0.274 e. The van der Waals surface area contributed by atoms with E-state index in [2.05, 4.69) is 32.7 Å². The van der Waals surface area contributed by atoms with Gasteiger partial charge in [-0.15, -0.1) is 0 Å². The minimum Gasteiger partial charge on any atom is -0.354 e. The molecule has 0 bridgehead atoms. The van der Waals surface area contributed by atoms with Gasteiger partial charge in [-0.1, -0.05) is 42.5 Å². The highest BCUT2D eigenvalue weighted by molar-refractivity contribution is 6.04. The molecule has 0 aliphatic rings. The van der Waals surface area contributed by atoms with Crippen LogP contribution < -0.4 is 10.6 Å². The molecule has 0 saturated heterocycles. The Hall–Kier alpha value is -3.54. The fourth-order valence-corrected chi connectivity index (χ4v) is 2.74. The van der Waals surface area contributed by atoms with E-state index in [0.717, 1.165) is 6.42 Å². The molecule has 0 unspecified atom stereocenters. The number of aromatic nitrogens is 2. The summed E-state index contributed by atoms with van der Waals surface area (Å²) in [5, 5.41) is 5.95. The van der Waals surface area contributed by atoms with E-state index >= 15 is 0 Å². The molecule has 0 spiro atoms. The predicted molar refractivity (Wildman–Crippen MR) is 110 cm³/mol. The van der Waals surface area contributed by atoms with Crippen molar-refractivity contribution in [3.05, 3.63) is 83.2 Å². The number of anilines is 2. The van der Waals surface area contributed by atoms with Crippen LogP contribution in [0.4, 0.5) is 11.6 Å². The monoisotopic (exact) mass is 374 g/mol. The third-order valence-electron chi connectivity index (χ3n) is 4.15. The van der Waals surface area contributed by atoms with Gasteiger partial charge in [-0.2, -0.15) is 0 Å². The van der Waals surface area contributed by atoms with Crippen LogP contribution >= 0.6 is 0 Å². The first kappa shape index (κ1) is 19.2. The minimum absolute atomic E-state index is 0.0566. The number of hydrogen-bond acceptors (Lipinski definition) is 5. The number of Topliss-reactive ketones (excluding diaryl/α,β-unsaturated/α-hetero) is 1. The highest BCUT2D eigenvalue weighted by atomic mass is 16.2. The maximum atomic E-state index is 12.6. The van der Waals surface area contributed by atoms with Gasteiger partial charge in [-0.25, -0.2) is 9.97 Å². The first-order chi connectivity index (χ1) is 13.5. The second-order valence-corrected chi connectivity index (χ2v) is 6.47. The maximum Gasteiger partial charge on any atom is 0.274 e. The van der Waals surface area contributed by atoms with Gasteiger partial charge in [0.2, 0.25) is 5.95 Å². The van der Waals surface area contributed by atoms with Crippen molar-refractivity contribution in [1.82, 2.24) is 9.97 Å². The van der Waals surface area contributed by atoms with Gasteiger partial charge in [0.05, 0.1) is 0 Å². The van der Waals surface area contributed by atoms with Crippen molar-refractivity contribution in [2.75, 3.05) is 17.2 Å². The van der Waals surface area contributed by atoms with Crippen LogP contribution in [0.1, 0.15) is 39.0 Å². The Bertz CT molecular complexity index is 987. The summed E-state index contributed by atoms with van der Waals surface area (Å²) in [6.07, 6.45) is 0.831. The molecule has 2 N–H and O–H groups in total. The third kappa shape index (κ3) is 5.23. The van der Waals surface area contributed by atoms with Crippen molar-refractivity contribution >= 4 is 23.3 Å². The van der Waals surface area contributed by atoms with Crippen molar-refractivity contribution in [2.45, 2.75) is 20.3 Å². The van der Waals surface area contributed by atoms with Crippen LogP contribution in [0.2, 0.25) is 0 Å². The van der Waals surface area contributed by atoms with Crippen molar-refractivity contribution in [3.63, 3.8) is 0 Å². The summed E-state index contributed by atoms with van der Waals surface area (Å²) >= 11 is 0. The molecule has 0 atom stereocenters. The number of carbonyl (C=O) groups excluding carboxylic acids is 2. The zero-order valence-corrected chi connectivity index (χ0v) is 15.9. The molecule has 2 aromatic carbocycles. The van der Waals surface area contributed by atoms with Crippen LogP contribution in [0.3, 0.4) is 0 Å². The van der Waals surface area contributed by atoms with E-state index in [9.17, 15) is 9.59 Å². The summed E-state index contributed by atoms with van der Waals surface area (Å²) in [7, 11) is 0. The fraction of sp³-hybridized carbons (Fsp3) is 0.182. The molecule has 142 valence electrons. The predicted octanol–water partition coefficient (Wildman–Crippen LogP) is 3.89. The number of amides is 1. The van der Waals surface area contributed by atoms with Crippen molar-refractivity contribution in [2.24, 2.45) is 0 Å². The molecule has 0 aliphatic heterocycles. The van der Waals surface area contributed by atoms with Crippen molar-refractivity contribution in [3.8, 4) is 0 Å². The Labute approximate surface area is 164 Å². The lowest BCUT2D eigenvalue weighted by atomic mass is 10.1. The molecule has 0 aliphatic carbocycles. The molecule has 0 saturated carbocycles. The van der Waals surface area contributed by atoms with E-state index in [0.29, 0.717) is 29.4 Å². The summed E-state index contributed by atoms with van der Waals surface area (Å²) < 4.78 is 0. The van der Waals surface area contributed by atoms with E-state index in [4.69, 9.17) is 0 Å². The Kier molecular flexibility index (Phi) is 6.11. The van der Waals surface area contributed by atoms with Crippen LogP contribution in [-0.4, -0.2) is 28.2 Å². The highest BCUT2D eigenvalue weighted by Gasteiger charge is 2.12. The molecule has 0 fully saturated rings. The van der Waals surface area contributed by atoms with Gasteiger partial charge in [-0.3, -0.25) is 9.59 Å². The van der Waals surface area contributed by atoms with Crippen LogP contribution in [-0.2, 0) is 6.42 Å². The topological polar surface area (TPSA) is 84.0 Å². The van der Waals surface area contributed by atoms with Gasteiger partial charge < -0.3 is 10.6 Å². The highest BCUT2D eigenvalue weighted by Crippen LogP contribution is 2.13. The Morgan fingerprint density at radius 3 is 2.50 bits per heavy atom. The van der Waals surface area contributed by atoms with Crippen molar-refractivity contribution < 1.29 is 9.59 Å². The third-order valence-corrected chi connectivity index (χ3v) is 4.15. The first-order valence-electron chi connectivity index (χ1n) is 9.07. The average Bonchev–Trinajstić information content (AvgIpc) is 2.68. The lowest BCUT2D eigenvalue weighted by Crippen LogP contribution is -2.17. The number of hydrogen-bond donors (Lipinski definition) is 2. The van der Waals surface area contributed by atoms with Gasteiger partial charge in [-0.05, 0) is 44.0 Å². The Morgan fingerprint density at radius 1 is 0.964 bits per heavy atom. The molecule has 6 heteroatoms. The molecule has 1 amide bonds. The van der Waals surface area contributed by atoms with Crippen LogP contribution in [0.25, 0.3) is 0 Å². The van der Waals surface area contributed by atoms with E-state index in [1.165, 1.54) is 12.5 Å². The second kappa shape index (κ2) is 8.90. The molecule has 1 aromatic heterocycles. The van der Waals surface area contributed by atoms with E-state index in [1.54, 1.807) is 30.3 Å². The number of nitrogens with one attached hydrogen (secondary N) is 2. The number of benzene rings is 2. The van der Waals surface area contributed by atoms with Crippen LogP contribution in [0.5, 0.6) is 0 Å². The SMILES string of the molecule is CC(=O)c1cccc(NC(=O)c2cc(C)nc(NCCc3ccccc3)n2)c1. The lowest BCUT2D eigenvalue weighted by Gasteiger charge is -2.09. The number of nitrogens with zero attached hydrogens (tertiary/aromatic N) is 2. The number of rotatable bonds is 7.